The number of hydrogen-bond acceptors (Lipinski definition) is 2. The van der Waals surface area contributed by atoms with Crippen molar-refractivity contribution in [1.29, 1.82) is 0 Å². The maximum absolute atomic E-state index is 13.2. The van der Waals surface area contributed by atoms with Crippen LogP contribution >= 0.6 is 12.4 Å². The molecule has 1 saturated carbocycles. The second-order valence-electron chi connectivity index (χ2n) is 5.13. The molecule has 0 radical (unpaired) electrons. The van der Waals surface area contributed by atoms with Gasteiger partial charge in [0.25, 0.3) is 0 Å². The normalized spacial score (nSPS) is 22.5. The summed E-state index contributed by atoms with van der Waals surface area (Å²) in [7, 11) is 0. The molecule has 0 heterocycles. The number of anilines is 1. The molecule has 1 fully saturated rings. The lowest BCUT2D eigenvalue weighted by Gasteiger charge is -2.25. The first kappa shape index (κ1) is 15.9. The van der Waals surface area contributed by atoms with Crippen LogP contribution in [0.4, 0.5) is 10.1 Å². The van der Waals surface area contributed by atoms with Crippen molar-refractivity contribution in [2.75, 3.05) is 5.32 Å². The van der Waals surface area contributed by atoms with Gasteiger partial charge in [0.15, 0.2) is 0 Å². The van der Waals surface area contributed by atoms with E-state index in [9.17, 15) is 9.18 Å². The van der Waals surface area contributed by atoms with E-state index in [4.69, 9.17) is 5.73 Å². The predicted molar refractivity (Wildman–Crippen MR) is 76.9 cm³/mol. The molecule has 0 saturated heterocycles. The third-order valence-corrected chi connectivity index (χ3v) is 3.40. The number of nitrogens with two attached hydrogens (primary N) is 1. The topological polar surface area (TPSA) is 55.1 Å². The highest BCUT2D eigenvalue weighted by Crippen LogP contribution is 2.24. The number of amides is 1. The molecule has 1 aromatic rings. The van der Waals surface area contributed by atoms with Crippen LogP contribution in [0.25, 0.3) is 0 Å². The Hall–Kier alpha value is -1.13. The second kappa shape index (κ2) is 6.87. The minimum atomic E-state index is -0.328. The molecule has 0 bridgehead atoms. The van der Waals surface area contributed by atoms with Gasteiger partial charge in [0.2, 0.25) is 5.91 Å². The van der Waals surface area contributed by atoms with E-state index in [-0.39, 0.29) is 36.1 Å². The number of rotatable bonds is 2. The maximum Gasteiger partial charge on any atom is 0.227 e. The number of carbonyl (C=O) groups is 1. The zero-order valence-electron chi connectivity index (χ0n) is 11.0. The van der Waals surface area contributed by atoms with Crippen molar-refractivity contribution in [2.45, 2.75) is 38.6 Å². The summed E-state index contributed by atoms with van der Waals surface area (Å²) >= 11 is 0. The molecule has 1 aromatic carbocycles. The number of halogens is 2. The van der Waals surface area contributed by atoms with Crippen molar-refractivity contribution < 1.29 is 9.18 Å². The van der Waals surface area contributed by atoms with E-state index in [1.165, 1.54) is 12.1 Å². The van der Waals surface area contributed by atoms with Crippen LogP contribution in [-0.4, -0.2) is 11.9 Å². The summed E-state index contributed by atoms with van der Waals surface area (Å²) in [6.07, 6.45) is 3.57. The zero-order chi connectivity index (χ0) is 13.1. The molecule has 5 heteroatoms. The van der Waals surface area contributed by atoms with Crippen molar-refractivity contribution in [3.63, 3.8) is 0 Å². The highest BCUT2D eigenvalue weighted by molar-refractivity contribution is 5.92. The van der Waals surface area contributed by atoms with Gasteiger partial charge in [-0.25, -0.2) is 4.39 Å². The zero-order valence-corrected chi connectivity index (χ0v) is 11.8. The Kier molecular flexibility index (Phi) is 5.76. The SMILES string of the molecule is Cc1cc(F)cc(NC(=O)C2CCCC(N)C2)c1.Cl. The number of aryl methyl sites for hydroxylation is 1. The number of benzene rings is 1. The van der Waals surface area contributed by atoms with Crippen LogP contribution < -0.4 is 11.1 Å². The molecule has 19 heavy (non-hydrogen) atoms. The molecule has 1 amide bonds. The summed E-state index contributed by atoms with van der Waals surface area (Å²) in [5.74, 6) is -0.418. The Labute approximate surface area is 119 Å². The fraction of sp³-hybridized carbons (Fsp3) is 0.500. The monoisotopic (exact) mass is 286 g/mol. The van der Waals surface area contributed by atoms with Gasteiger partial charge >= 0.3 is 0 Å². The standard InChI is InChI=1S/C14H19FN2O.ClH/c1-9-5-11(15)8-13(6-9)17-14(18)10-3-2-4-12(16)7-10;/h5-6,8,10,12H,2-4,7,16H2,1H3,(H,17,18);1H. The third kappa shape index (κ3) is 4.48. The maximum atomic E-state index is 13.2. The summed E-state index contributed by atoms with van der Waals surface area (Å²) in [6.45, 7) is 1.80. The van der Waals surface area contributed by atoms with Gasteiger partial charge in [-0.15, -0.1) is 12.4 Å². The van der Waals surface area contributed by atoms with Crippen LogP contribution in [0.15, 0.2) is 18.2 Å². The molecule has 2 unspecified atom stereocenters. The van der Waals surface area contributed by atoms with E-state index in [0.717, 1.165) is 31.2 Å². The van der Waals surface area contributed by atoms with E-state index < -0.39 is 0 Å². The average Bonchev–Trinajstić information content (AvgIpc) is 2.27. The molecule has 0 aliphatic heterocycles. The molecule has 1 aliphatic rings. The number of carbonyl (C=O) groups excluding carboxylic acids is 1. The molecule has 2 rings (SSSR count). The first-order chi connectivity index (χ1) is 8.54. The lowest BCUT2D eigenvalue weighted by Crippen LogP contribution is -2.34. The fourth-order valence-corrected chi connectivity index (χ4v) is 2.52. The molecule has 1 aliphatic carbocycles. The average molecular weight is 287 g/mol. The van der Waals surface area contributed by atoms with Crippen molar-refractivity contribution in [1.82, 2.24) is 0 Å². The van der Waals surface area contributed by atoms with Crippen molar-refractivity contribution in [2.24, 2.45) is 11.7 Å². The number of hydrogen-bond donors (Lipinski definition) is 2. The minimum Gasteiger partial charge on any atom is -0.328 e. The lowest BCUT2D eigenvalue weighted by molar-refractivity contribution is -0.120. The smallest absolute Gasteiger partial charge is 0.227 e. The molecular formula is C14H20ClFN2O. The summed E-state index contributed by atoms with van der Waals surface area (Å²) in [6, 6.07) is 4.66. The van der Waals surface area contributed by atoms with Crippen molar-refractivity contribution in [3.05, 3.63) is 29.6 Å². The van der Waals surface area contributed by atoms with Gasteiger partial charge in [-0.3, -0.25) is 4.79 Å². The van der Waals surface area contributed by atoms with Crippen LogP contribution in [0, 0.1) is 18.7 Å². The molecule has 106 valence electrons. The first-order valence-electron chi connectivity index (χ1n) is 6.38. The van der Waals surface area contributed by atoms with Gasteiger partial charge in [0, 0.05) is 17.6 Å². The molecule has 3 nitrogen and oxygen atoms in total. The second-order valence-corrected chi connectivity index (χ2v) is 5.13. The fourth-order valence-electron chi connectivity index (χ4n) is 2.52. The highest BCUT2D eigenvalue weighted by Gasteiger charge is 2.25. The summed E-state index contributed by atoms with van der Waals surface area (Å²) in [4.78, 5) is 12.0. The third-order valence-electron chi connectivity index (χ3n) is 3.40. The van der Waals surface area contributed by atoms with Crippen LogP contribution in [0.5, 0.6) is 0 Å². The van der Waals surface area contributed by atoms with Crippen LogP contribution in [0.2, 0.25) is 0 Å². The molecule has 0 spiro atoms. The largest absolute Gasteiger partial charge is 0.328 e. The lowest BCUT2D eigenvalue weighted by atomic mass is 9.85. The summed E-state index contributed by atoms with van der Waals surface area (Å²) in [5, 5.41) is 2.78. The highest BCUT2D eigenvalue weighted by atomic mass is 35.5. The Balaban J connectivity index is 0.00000180. The molecule has 3 N–H and O–H groups in total. The van der Waals surface area contributed by atoms with Gasteiger partial charge in [0.1, 0.15) is 5.82 Å². The first-order valence-corrected chi connectivity index (χ1v) is 6.38. The van der Waals surface area contributed by atoms with Gasteiger partial charge in [-0.2, -0.15) is 0 Å². The number of nitrogens with one attached hydrogen (secondary N) is 1. The van der Waals surface area contributed by atoms with Crippen molar-refractivity contribution in [3.8, 4) is 0 Å². The Morgan fingerprint density at radius 1 is 1.37 bits per heavy atom. The van der Waals surface area contributed by atoms with Gasteiger partial charge in [0.05, 0.1) is 0 Å². The molecule has 2 atom stereocenters. The van der Waals surface area contributed by atoms with Crippen LogP contribution in [0.3, 0.4) is 0 Å². The van der Waals surface area contributed by atoms with E-state index in [2.05, 4.69) is 5.32 Å². The van der Waals surface area contributed by atoms with E-state index in [0.29, 0.717) is 5.69 Å². The Morgan fingerprint density at radius 2 is 2.11 bits per heavy atom. The van der Waals surface area contributed by atoms with Crippen LogP contribution in [0.1, 0.15) is 31.2 Å². The van der Waals surface area contributed by atoms with Crippen molar-refractivity contribution >= 4 is 24.0 Å². The Morgan fingerprint density at radius 3 is 2.74 bits per heavy atom. The quantitative estimate of drug-likeness (QED) is 0.878. The van der Waals surface area contributed by atoms with Gasteiger partial charge < -0.3 is 11.1 Å². The van der Waals surface area contributed by atoms with E-state index >= 15 is 0 Å². The minimum absolute atomic E-state index is 0. The molecule has 0 aromatic heterocycles. The van der Waals surface area contributed by atoms with Gasteiger partial charge in [-0.05, 0) is 49.9 Å². The Bertz CT molecular complexity index is 433. The molecular weight excluding hydrogens is 267 g/mol. The van der Waals surface area contributed by atoms with Gasteiger partial charge in [-0.1, -0.05) is 6.42 Å². The summed E-state index contributed by atoms with van der Waals surface area (Å²) < 4.78 is 13.2. The summed E-state index contributed by atoms with van der Waals surface area (Å²) in [5.41, 5.74) is 7.19. The van der Waals surface area contributed by atoms with Crippen LogP contribution in [-0.2, 0) is 4.79 Å². The van der Waals surface area contributed by atoms with E-state index in [1.54, 1.807) is 13.0 Å². The van der Waals surface area contributed by atoms with E-state index in [1.807, 2.05) is 0 Å². The predicted octanol–water partition coefficient (Wildman–Crippen LogP) is 3.01.